The number of fused-ring (bicyclic) bond motifs is 9. The predicted octanol–water partition coefficient (Wildman–Crippen LogP) is 17.0. The maximum absolute atomic E-state index is 2.74. The number of nitrogens with zero attached hydrogens (tertiary/aromatic N) is 2. The van der Waals surface area contributed by atoms with Gasteiger partial charge < -0.3 is 9.80 Å². The molecular weight excluding hydrogens is 864 g/mol. The van der Waals surface area contributed by atoms with Crippen LogP contribution in [-0.2, 0) is 37.9 Å². The molecule has 0 spiro atoms. The average Bonchev–Trinajstić information content (AvgIpc) is 3.68. The molecule has 0 N–H and O–H groups in total. The van der Waals surface area contributed by atoms with Crippen LogP contribution in [0.1, 0.15) is 181 Å². The molecule has 0 radical (unpaired) electrons. The molecule has 0 saturated heterocycles. The first-order valence-electron chi connectivity index (χ1n) is 26.7. The van der Waals surface area contributed by atoms with Gasteiger partial charge in [-0.2, -0.15) is 0 Å². The maximum atomic E-state index is 2.74. The first kappa shape index (κ1) is 46.0. The molecule has 0 bridgehead atoms. The van der Waals surface area contributed by atoms with Crippen molar-refractivity contribution in [2.24, 2.45) is 0 Å². The number of hydrogen-bond acceptors (Lipinski definition) is 3. The summed E-state index contributed by atoms with van der Waals surface area (Å²) in [5.41, 5.74) is 24.2. The van der Waals surface area contributed by atoms with Crippen molar-refractivity contribution in [3.8, 4) is 11.1 Å². The maximum Gasteiger partial charge on any atom is 0.254 e. The number of anilines is 6. The van der Waals surface area contributed by atoms with Crippen LogP contribution in [0.25, 0.3) is 21.2 Å². The van der Waals surface area contributed by atoms with Crippen LogP contribution in [0, 0.1) is 0 Å². The Morgan fingerprint density at radius 1 is 0.429 bits per heavy atom. The lowest BCUT2D eigenvalue weighted by Gasteiger charge is -2.46. The molecular formula is C66H75BN2S. The van der Waals surface area contributed by atoms with E-state index in [-0.39, 0.29) is 44.6 Å². The highest BCUT2D eigenvalue weighted by atomic mass is 32.1. The van der Waals surface area contributed by atoms with Gasteiger partial charge in [0.25, 0.3) is 6.71 Å². The van der Waals surface area contributed by atoms with Gasteiger partial charge in [-0.25, -0.2) is 0 Å². The van der Waals surface area contributed by atoms with Crippen LogP contribution >= 0.6 is 11.3 Å². The summed E-state index contributed by atoms with van der Waals surface area (Å²) in [7, 11) is 0. The van der Waals surface area contributed by atoms with Gasteiger partial charge in [-0.1, -0.05) is 158 Å². The Kier molecular flexibility index (Phi) is 9.72. The van der Waals surface area contributed by atoms with E-state index in [1.54, 1.807) is 0 Å². The number of thiophene rings is 1. The lowest BCUT2D eigenvalue weighted by atomic mass is 9.33. The summed E-state index contributed by atoms with van der Waals surface area (Å²) < 4.78 is 1.41. The molecule has 2 nitrogen and oxygen atoms in total. The lowest BCUT2D eigenvalue weighted by Crippen LogP contribution is -2.61. The van der Waals surface area contributed by atoms with E-state index >= 15 is 0 Å². The topological polar surface area (TPSA) is 6.48 Å². The fraction of sp³-hybridized carbons (Fsp3) is 0.424. The molecule has 358 valence electrons. The van der Waals surface area contributed by atoms with E-state index in [1.165, 1.54) is 149 Å². The van der Waals surface area contributed by atoms with Gasteiger partial charge in [0.05, 0.1) is 5.00 Å². The minimum atomic E-state index is -0.0320. The Bertz CT molecular complexity index is 3330. The van der Waals surface area contributed by atoms with E-state index in [0.717, 1.165) is 0 Å². The fourth-order valence-corrected chi connectivity index (χ4v) is 15.1. The quantitative estimate of drug-likeness (QED) is 0.163. The number of hydrogen-bond donors (Lipinski definition) is 0. The number of benzene rings is 6. The number of rotatable bonds is 3. The summed E-state index contributed by atoms with van der Waals surface area (Å²) in [5, 5.41) is 2.80. The van der Waals surface area contributed by atoms with Crippen molar-refractivity contribution >= 4 is 78.0 Å². The lowest BCUT2D eigenvalue weighted by molar-refractivity contribution is 0.332. The monoisotopic (exact) mass is 939 g/mol. The Labute approximate surface area is 425 Å². The first-order valence-corrected chi connectivity index (χ1v) is 27.5. The molecule has 0 atom stereocenters. The molecule has 0 amide bonds. The molecule has 0 fully saturated rings. The van der Waals surface area contributed by atoms with Crippen LogP contribution in [-0.4, -0.2) is 6.71 Å². The van der Waals surface area contributed by atoms with Crippen LogP contribution in [0.15, 0.2) is 109 Å². The van der Waals surface area contributed by atoms with E-state index < -0.39 is 0 Å². The summed E-state index contributed by atoms with van der Waals surface area (Å²) in [5.74, 6) is 0. The summed E-state index contributed by atoms with van der Waals surface area (Å²) in [6, 6.07) is 44.4. The van der Waals surface area contributed by atoms with Gasteiger partial charge in [0.1, 0.15) is 0 Å². The SMILES string of the molecule is CC(C)(C)c1ccc2c(c1)N(c1ccc3c(c1)C(C)(C)CCC3(C)C)c1cc(-c3ccccc3)cc3c1B2c1c(sc2cc4c(cc12)C(C)(C)CCC4(C)C)N3c1ccc2c(c1)C(C)(C)CCC2(C)C. The van der Waals surface area contributed by atoms with Crippen molar-refractivity contribution in [1.29, 1.82) is 0 Å². The summed E-state index contributed by atoms with van der Waals surface area (Å²) >= 11 is 2.03. The molecule has 3 aliphatic carbocycles. The van der Waals surface area contributed by atoms with Crippen LogP contribution in [0.5, 0.6) is 0 Å². The molecule has 4 heteroatoms. The van der Waals surface area contributed by atoms with Crippen molar-refractivity contribution in [1.82, 2.24) is 0 Å². The average molecular weight is 939 g/mol. The Balaban J connectivity index is 1.23. The smallest absolute Gasteiger partial charge is 0.254 e. The van der Waals surface area contributed by atoms with Crippen molar-refractivity contribution in [3.63, 3.8) is 0 Å². The second-order valence-corrected chi connectivity index (χ2v) is 28.4. The van der Waals surface area contributed by atoms with Gasteiger partial charge in [-0.3, -0.25) is 0 Å². The van der Waals surface area contributed by atoms with E-state index in [4.69, 9.17) is 0 Å². The molecule has 2 aliphatic heterocycles. The standard InChI is InChI=1S/C66H75BN2S/c1-60(2,3)42-21-26-52-53(35-42)68(43-22-24-46-48(36-43)63(8,9)29-27-61(46,4)5)54-33-41(40-19-17-16-18-20-40)34-55-58(54)67(52)57-45-38-50-51(66(14,15)32-31-65(50,12)13)39-56(45)70-59(57)69(55)44-23-25-47-49(37-44)64(10,11)30-28-62(47,6)7/h16-26,33-39H,27-32H2,1-15H3. The molecule has 5 aliphatic rings. The van der Waals surface area contributed by atoms with E-state index in [2.05, 4.69) is 223 Å². The van der Waals surface area contributed by atoms with Gasteiger partial charge >= 0.3 is 0 Å². The van der Waals surface area contributed by atoms with Gasteiger partial charge in [0.15, 0.2) is 0 Å². The predicted molar refractivity (Wildman–Crippen MR) is 306 cm³/mol. The van der Waals surface area contributed by atoms with Gasteiger partial charge in [-0.15, -0.1) is 11.3 Å². The Morgan fingerprint density at radius 3 is 1.43 bits per heavy atom. The van der Waals surface area contributed by atoms with Crippen molar-refractivity contribution < 1.29 is 0 Å². The van der Waals surface area contributed by atoms with Crippen LogP contribution in [0.3, 0.4) is 0 Å². The highest BCUT2D eigenvalue weighted by molar-refractivity contribution is 7.26. The molecule has 6 aromatic carbocycles. The molecule has 12 rings (SSSR count). The van der Waals surface area contributed by atoms with E-state index in [0.29, 0.717) is 0 Å². The zero-order chi connectivity index (χ0) is 49.5. The third-order valence-corrected chi connectivity index (χ3v) is 20.0. The van der Waals surface area contributed by atoms with Crippen molar-refractivity contribution in [2.75, 3.05) is 9.80 Å². The summed E-state index contributed by atoms with van der Waals surface area (Å²) in [6.07, 6.45) is 7.15. The summed E-state index contributed by atoms with van der Waals surface area (Å²) in [6.45, 7) is 36.9. The highest BCUT2D eigenvalue weighted by Crippen LogP contribution is 2.55. The van der Waals surface area contributed by atoms with Gasteiger partial charge in [-0.05, 0) is 203 Å². The van der Waals surface area contributed by atoms with E-state index in [1.807, 2.05) is 11.3 Å². The second-order valence-electron chi connectivity index (χ2n) is 27.4. The molecule has 0 saturated carbocycles. The highest BCUT2D eigenvalue weighted by Gasteiger charge is 2.48. The normalized spacial score (nSPS) is 20.5. The Morgan fingerprint density at radius 2 is 0.900 bits per heavy atom. The molecule has 7 aromatic rings. The molecule has 1 aromatic heterocycles. The Hall–Kier alpha value is -5.06. The third kappa shape index (κ3) is 6.77. The van der Waals surface area contributed by atoms with Crippen LogP contribution in [0.4, 0.5) is 33.4 Å². The molecule has 0 unspecified atom stereocenters. The van der Waals surface area contributed by atoms with Gasteiger partial charge in [0.2, 0.25) is 0 Å². The minimum absolute atomic E-state index is 0.0320. The van der Waals surface area contributed by atoms with Gasteiger partial charge in [0, 0.05) is 33.1 Å². The second kappa shape index (κ2) is 14.8. The third-order valence-electron chi connectivity index (χ3n) is 18.8. The largest absolute Gasteiger partial charge is 0.311 e. The zero-order valence-electron chi connectivity index (χ0n) is 45.0. The van der Waals surface area contributed by atoms with Crippen molar-refractivity contribution in [3.05, 3.63) is 148 Å². The van der Waals surface area contributed by atoms with Crippen LogP contribution in [0.2, 0.25) is 0 Å². The minimum Gasteiger partial charge on any atom is -0.311 e. The first-order chi connectivity index (χ1) is 32.8. The molecule has 3 heterocycles. The zero-order valence-corrected chi connectivity index (χ0v) is 45.8. The van der Waals surface area contributed by atoms with E-state index in [9.17, 15) is 0 Å². The van der Waals surface area contributed by atoms with Crippen LogP contribution < -0.4 is 26.2 Å². The molecule has 70 heavy (non-hydrogen) atoms. The van der Waals surface area contributed by atoms with Crippen molar-refractivity contribution in [2.45, 2.75) is 180 Å². The summed E-state index contributed by atoms with van der Waals surface area (Å²) in [4.78, 5) is 5.44. The fourth-order valence-electron chi connectivity index (χ4n) is 13.8.